The quantitative estimate of drug-likeness (QED) is 0.736. The van der Waals surface area contributed by atoms with Gasteiger partial charge in [-0.3, -0.25) is 4.90 Å². The van der Waals surface area contributed by atoms with Crippen LogP contribution in [0.3, 0.4) is 0 Å². The molecular formula is C19H22N6. The summed E-state index contributed by atoms with van der Waals surface area (Å²) < 4.78 is 4.64. The van der Waals surface area contributed by atoms with Gasteiger partial charge in [0.15, 0.2) is 5.82 Å². The van der Waals surface area contributed by atoms with Crippen molar-refractivity contribution in [2.24, 2.45) is 0 Å². The minimum atomic E-state index is 0.689. The molecule has 1 saturated carbocycles. The van der Waals surface area contributed by atoms with Crippen molar-refractivity contribution in [3.63, 3.8) is 0 Å². The Morgan fingerprint density at radius 1 is 1.00 bits per heavy atom. The average molecular weight is 334 g/mol. The Bertz CT molecular complexity index is 861. The number of imidazole rings is 1. The standard InChI is InChI=1S/C19H22N6/c1-2-4-15(5-3-1)19-22-21-17-8-10-23(12-13-25(17)19)14-18-20-9-11-24(18)16-6-7-16/h1-5,9,11,16H,6-8,10,12-14H2. The first kappa shape index (κ1) is 14.8. The molecule has 1 aliphatic carbocycles. The normalized spacial score (nSPS) is 18.1. The summed E-state index contributed by atoms with van der Waals surface area (Å²) in [6, 6.07) is 11.0. The van der Waals surface area contributed by atoms with Crippen LogP contribution in [0.5, 0.6) is 0 Å². The highest BCUT2D eigenvalue weighted by molar-refractivity contribution is 5.55. The molecule has 6 heteroatoms. The van der Waals surface area contributed by atoms with Crippen molar-refractivity contribution in [2.75, 3.05) is 13.1 Å². The molecule has 0 saturated heterocycles. The van der Waals surface area contributed by atoms with E-state index in [0.717, 1.165) is 49.8 Å². The van der Waals surface area contributed by atoms with E-state index in [-0.39, 0.29) is 0 Å². The van der Waals surface area contributed by atoms with Crippen molar-refractivity contribution in [1.82, 2.24) is 29.2 Å². The van der Waals surface area contributed by atoms with Crippen LogP contribution in [-0.2, 0) is 19.5 Å². The predicted molar refractivity (Wildman–Crippen MR) is 94.9 cm³/mol. The largest absolute Gasteiger partial charge is 0.331 e. The zero-order chi connectivity index (χ0) is 16.6. The fourth-order valence-corrected chi connectivity index (χ4v) is 3.68. The fourth-order valence-electron chi connectivity index (χ4n) is 3.68. The van der Waals surface area contributed by atoms with Crippen LogP contribution >= 0.6 is 0 Å². The summed E-state index contributed by atoms with van der Waals surface area (Å²) in [5.41, 5.74) is 1.14. The van der Waals surface area contributed by atoms with Gasteiger partial charge in [0.05, 0.1) is 6.54 Å². The lowest BCUT2D eigenvalue weighted by atomic mass is 10.2. The van der Waals surface area contributed by atoms with Gasteiger partial charge in [0.25, 0.3) is 0 Å². The summed E-state index contributed by atoms with van der Waals surface area (Å²) in [5.74, 6) is 3.27. The topological polar surface area (TPSA) is 51.8 Å². The Morgan fingerprint density at radius 2 is 1.88 bits per heavy atom. The number of hydrogen-bond acceptors (Lipinski definition) is 4. The second kappa shape index (κ2) is 6.11. The molecule has 1 aliphatic heterocycles. The van der Waals surface area contributed by atoms with E-state index in [1.165, 1.54) is 18.7 Å². The molecule has 2 aromatic heterocycles. The van der Waals surface area contributed by atoms with Crippen molar-refractivity contribution in [2.45, 2.75) is 38.4 Å². The molecule has 25 heavy (non-hydrogen) atoms. The number of fused-ring (bicyclic) bond motifs is 1. The predicted octanol–water partition coefficient (Wildman–Crippen LogP) is 2.53. The fraction of sp³-hybridized carbons (Fsp3) is 0.421. The summed E-state index contributed by atoms with van der Waals surface area (Å²) in [4.78, 5) is 7.08. The molecule has 0 unspecified atom stereocenters. The first-order valence-corrected chi connectivity index (χ1v) is 9.10. The van der Waals surface area contributed by atoms with Crippen molar-refractivity contribution in [3.8, 4) is 11.4 Å². The first-order chi connectivity index (χ1) is 12.4. The third-order valence-electron chi connectivity index (χ3n) is 5.21. The molecule has 0 N–H and O–H groups in total. The third kappa shape index (κ3) is 2.87. The van der Waals surface area contributed by atoms with E-state index in [4.69, 9.17) is 0 Å². The molecular weight excluding hydrogens is 312 g/mol. The maximum Gasteiger partial charge on any atom is 0.164 e. The smallest absolute Gasteiger partial charge is 0.164 e. The lowest BCUT2D eigenvalue weighted by Gasteiger charge is -2.20. The van der Waals surface area contributed by atoms with Gasteiger partial charge >= 0.3 is 0 Å². The summed E-state index contributed by atoms with van der Waals surface area (Å²) in [5, 5.41) is 8.88. The van der Waals surface area contributed by atoms with Crippen LogP contribution in [-0.4, -0.2) is 42.3 Å². The van der Waals surface area contributed by atoms with Crippen LogP contribution < -0.4 is 0 Å². The van der Waals surface area contributed by atoms with E-state index in [2.05, 4.69) is 59.7 Å². The van der Waals surface area contributed by atoms with Crippen LogP contribution in [0.25, 0.3) is 11.4 Å². The zero-order valence-electron chi connectivity index (χ0n) is 14.3. The van der Waals surface area contributed by atoms with Crippen LogP contribution in [0.15, 0.2) is 42.7 Å². The molecule has 6 nitrogen and oxygen atoms in total. The molecule has 0 radical (unpaired) electrons. The average Bonchev–Trinajstić information content (AvgIpc) is 3.31. The minimum Gasteiger partial charge on any atom is -0.331 e. The lowest BCUT2D eigenvalue weighted by Crippen LogP contribution is -2.28. The SMILES string of the molecule is c1ccc(-c2nnc3n2CCN(Cc2nccn2C2CC2)CC3)cc1. The van der Waals surface area contributed by atoms with Gasteiger partial charge in [-0.1, -0.05) is 30.3 Å². The molecule has 2 aliphatic rings. The summed E-state index contributed by atoms with van der Waals surface area (Å²) in [6.45, 7) is 3.85. The van der Waals surface area contributed by atoms with Gasteiger partial charge in [-0.05, 0) is 12.8 Å². The highest BCUT2D eigenvalue weighted by Gasteiger charge is 2.26. The first-order valence-electron chi connectivity index (χ1n) is 9.10. The van der Waals surface area contributed by atoms with E-state index in [1.54, 1.807) is 0 Å². The van der Waals surface area contributed by atoms with Gasteiger partial charge < -0.3 is 9.13 Å². The van der Waals surface area contributed by atoms with E-state index >= 15 is 0 Å². The van der Waals surface area contributed by atoms with Crippen molar-refractivity contribution < 1.29 is 0 Å². The molecule has 128 valence electrons. The molecule has 3 heterocycles. The highest BCUT2D eigenvalue weighted by Crippen LogP contribution is 2.35. The zero-order valence-corrected chi connectivity index (χ0v) is 14.3. The van der Waals surface area contributed by atoms with E-state index < -0.39 is 0 Å². The van der Waals surface area contributed by atoms with Crippen LogP contribution in [0.2, 0.25) is 0 Å². The number of hydrogen-bond donors (Lipinski definition) is 0. The Morgan fingerprint density at radius 3 is 2.72 bits per heavy atom. The molecule has 1 fully saturated rings. The van der Waals surface area contributed by atoms with Gasteiger partial charge in [-0.25, -0.2) is 4.98 Å². The lowest BCUT2D eigenvalue weighted by molar-refractivity contribution is 0.260. The number of rotatable bonds is 4. The van der Waals surface area contributed by atoms with Gasteiger partial charge in [-0.15, -0.1) is 10.2 Å². The maximum atomic E-state index is 4.59. The molecule has 0 atom stereocenters. The van der Waals surface area contributed by atoms with Gasteiger partial charge in [0.2, 0.25) is 0 Å². The molecule has 0 spiro atoms. The van der Waals surface area contributed by atoms with Gasteiger partial charge in [0, 0.05) is 50.1 Å². The minimum absolute atomic E-state index is 0.689. The summed E-state index contributed by atoms with van der Waals surface area (Å²) in [6.07, 6.45) is 7.60. The van der Waals surface area contributed by atoms with E-state index in [9.17, 15) is 0 Å². The van der Waals surface area contributed by atoms with Crippen LogP contribution in [0.4, 0.5) is 0 Å². The summed E-state index contributed by atoms with van der Waals surface area (Å²) in [7, 11) is 0. The monoisotopic (exact) mass is 334 g/mol. The Labute approximate surface area is 147 Å². The Kier molecular flexibility index (Phi) is 3.63. The molecule has 1 aromatic carbocycles. The number of nitrogens with zero attached hydrogens (tertiary/aromatic N) is 6. The van der Waals surface area contributed by atoms with E-state index in [0.29, 0.717) is 6.04 Å². The maximum absolute atomic E-state index is 4.59. The third-order valence-corrected chi connectivity index (χ3v) is 5.21. The van der Waals surface area contributed by atoms with Crippen molar-refractivity contribution in [1.29, 1.82) is 0 Å². The van der Waals surface area contributed by atoms with Gasteiger partial charge in [-0.2, -0.15) is 0 Å². The molecule has 3 aromatic rings. The highest BCUT2D eigenvalue weighted by atomic mass is 15.3. The molecule has 0 bridgehead atoms. The Hall–Kier alpha value is -2.47. The second-order valence-corrected chi connectivity index (χ2v) is 6.97. The van der Waals surface area contributed by atoms with E-state index in [1.807, 2.05) is 12.3 Å². The number of aromatic nitrogens is 5. The van der Waals surface area contributed by atoms with Crippen molar-refractivity contribution >= 4 is 0 Å². The molecule has 5 rings (SSSR count). The van der Waals surface area contributed by atoms with Crippen molar-refractivity contribution in [3.05, 3.63) is 54.4 Å². The van der Waals surface area contributed by atoms with Crippen LogP contribution in [0, 0.1) is 0 Å². The van der Waals surface area contributed by atoms with Crippen LogP contribution in [0.1, 0.15) is 30.5 Å². The Balaban J connectivity index is 1.34. The van der Waals surface area contributed by atoms with Gasteiger partial charge in [0.1, 0.15) is 11.6 Å². The summed E-state index contributed by atoms with van der Waals surface area (Å²) >= 11 is 0. The second-order valence-electron chi connectivity index (χ2n) is 6.97. The number of benzene rings is 1. The molecule has 0 amide bonds.